The molecule has 0 saturated carbocycles. The third kappa shape index (κ3) is 8.60. The standard InChI is InChI=1S/C21H30N4OS.HI/c1-4-22-20(26)18-9-6-8-17(13-18)15-25-21(23-5-2)24-14-16(3)12-19-10-7-11-27-19;/h6-11,13,16H,4-5,12,14-15H2,1-3H3,(H,22,26)(H2,23,24,25);1H. The van der Waals surface area contributed by atoms with Gasteiger partial charge in [-0.3, -0.25) is 4.79 Å². The summed E-state index contributed by atoms with van der Waals surface area (Å²) >= 11 is 1.80. The zero-order valence-corrected chi connectivity index (χ0v) is 20.0. The largest absolute Gasteiger partial charge is 0.357 e. The lowest BCUT2D eigenvalue weighted by molar-refractivity contribution is 0.0955. The Morgan fingerprint density at radius 1 is 1.11 bits per heavy atom. The molecule has 1 heterocycles. The molecule has 5 nitrogen and oxygen atoms in total. The van der Waals surface area contributed by atoms with Crippen LogP contribution < -0.4 is 16.0 Å². The number of rotatable bonds is 9. The molecule has 7 heteroatoms. The lowest BCUT2D eigenvalue weighted by Crippen LogP contribution is -2.39. The summed E-state index contributed by atoms with van der Waals surface area (Å²) in [7, 11) is 0. The second-order valence-electron chi connectivity index (χ2n) is 6.52. The Labute approximate surface area is 189 Å². The molecule has 1 amide bonds. The van der Waals surface area contributed by atoms with Crippen LogP contribution in [0, 0.1) is 5.92 Å². The first-order valence-electron chi connectivity index (χ1n) is 9.54. The fourth-order valence-electron chi connectivity index (χ4n) is 2.70. The molecule has 28 heavy (non-hydrogen) atoms. The van der Waals surface area contributed by atoms with Crippen LogP contribution in [0.5, 0.6) is 0 Å². The molecule has 2 aromatic rings. The van der Waals surface area contributed by atoms with Crippen LogP contribution in [0.4, 0.5) is 0 Å². The highest BCUT2D eigenvalue weighted by atomic mass is 127. The van der Waals surface area contributed by atoms with Crippen molar-refractivity contribution < 1.29 is 4.79 Å². The van der Waals surface area contributed by atoms with Crippen molar-refractivity contribution in [1.82, 2.24) is 16.0 Å². The molecule has 0 aliphatic rings. The zero-order valence-electron chi connectivity index (χ0n) is 16.8. The number of hydrogen-bond donors (Lipinski definition) is 3. The van der Waals surface area contributed by atoms with Gasteiger partial charge in [0.25, 0.3) is 5.91 Å². The lowest BCUT2D eigenvalue weighted by atomic mass is 10.1. The minimum absolute atomic E-state index is 0. The highest BCUT2D eigenvalue weighted by Crippen LogP contribution is 2.13. The molecule has 1 unspecified atom stereocenters. The van der Waals surface area contributed by atoms with Gasteiger partial charge >= 0.3 is 0 Å². The average molecular weight is 514 g/mol. The zero-order chi connectivity index (χ0) is 19.5. The lowest BCUT2D eigenvalue weighted by Gasteiger charge is -2.15. The number of carbonyl (C=O) groups excluding carboxylic acids is 1. The van der Waals surface area contributed by atoms with E-state index in [9.17, 15) is 4.79 Å². The number of hydrogen-bond acceptors (Lipinski definition) is 3. The van der Waals surface area contributed by atoms with Crippen molar-refractivity contribution in [1.29, 1.82) is 0 Å². The molecular formula is C21H31IN4OS. The summed E-state index contributed by atoms with van der Waals surface area (Å²) in [5.41, 5.74) is 1.69. The van der Waals surface area contributed by atoms with Crippen LogP contribution in [0.2, 0.25) is 0 Å². The molecule has 0 saturated heterocycles. The van der Waals surface area contributed by atoms with Gasteiger partial charge < -0.3 is 16.0 Å². The van der Waals surface area contributed by atoms with Crippen LogP contribution in [0.1, 0.15) is 41.6 Å². The number of aliphatic imine (C=N–C) groups is 1. The van der Waals surface area contributed by atoms with Gasteiger partial charge in [0, 0.05) is 30.1 Å². The number of nitrogens with zero attached hydrogens (tertiary/aromatic N) is 1. The fraction of sp³-hybridized carbons (Fsp3) is 0.429. The summed E-state index contributed by atoms with van der Waals surface area (Å²) in [5.74, 6) is 1.28. The summed E-state index contributed by atoms with van der Waals surface area (Å²) < 4.78 is 0. The van der Waals surface area contributed by atoms with E-state index in [2.05, 4.69) is 52.3 Å². The average Bonchev–Trinajstić information content (AvgIpc) is 3.17. The monoisotopic (exact) mass is 514 g/mol. The van der Waals surface area contributed by atoms with E-state index in [-0.39, 0.29) is 29.9 Å². The smallest absolute Gasteiger partial charge is 0.251 e. The maximum absolute atomic E-state index is 12.0. The van der Waals surface area contributed by atoms with Gasteiger partial charge in [0.15, 0.2) is 5.96 Å². The fourth-order valence-corrected chi connectivity index (χ4v) is 3.57. The summed E-state index contributed by atoms with van der Waals surface area (Å²) in [6, 6.07) is 11.9. The van der Waals surface area contributed by atoms with Crippen molar-refractivity contribution in [3.63, 3.8) is 0 Å². The van der Waals surface area contributed by atoms with Crippen LogP contribution >= 0.6 is 35.3 Å². The van der Waals surface area contributed by atoms with E-state index in [1.54, 1.807) is 11.3 Å². The van der Waals surface area contributed by atoms with Gasteiger partial charge in [-0.05, 0) is 55.3 Å². The van der Waals surface area contributed by atoms with Crippen molar-refractivity contribution in [2.24, 2.45) is 10.9 Å². The Kier molecular flexibility index (Phi) is 11.8. The highest BCUT2D eigenvalue weighted by Gasteiger charge is 2.07. The van der Waals surface area contributed by atoms with Gasteiger partial charge in [0.05, 0.1) is 6.54 Å². The number of thiophene rings is 1. The van der Waals surface area contributed by atoms with Gasteiger partial charge in [-0.1, -0.05) is 25.1 Å². The predicted octanol–water partition coefficient (Wildman–Crippen LogP) is 4.05. The Hall–Kier alpha value is -1.61. The van der Waals surface area contributed by atoms with Crippen molar-refractivity contribution in [2.75, 3.05) is 19.6 Å². The van der Waals surface area contributed by atoms with E-state index >= 15 is 0 Å². The first kappa shape index (κ1) is 24.4. The minimum atomic E-state index is -0.0456. The first-order valence-corrected chi connectivity index (χ1v) is 10.4. The number of guanidine groups is 1. The molecule has 2 rings (SSSR count). The number of halogens is 1. The van der Waals surface area contributed by atoms with Crippen LogP contribution in [0.3, 0.4) is 0 Å². The molecule has 0 spiro atoms. The molecule has 0 fully saturated rings. The van der Waals surface area contributed by atoms with E-state index in [0.717, 1.165) is 31.0 Å². The number of amides is 1. The molecule has 1 atom stereocenters. The summed E-state index contributed by atoms with van der Waals surface area (Å²) in [5, 5.41) is 11.7. The number of nitrogens with one attached hydrogen (secondary N) is 3. The third-order valence-electron chi connectivity index (χ3n) is 4.04. The van der Waals surface area contributed by atoms with Gasteiger partial charge in [-0.25, -0.2) is 4.99 Å². The molecule has 154 valence electrons. The Morgan fingerprint density at radius 2 is 1.89 bits per heavy atom. The molecular weight excluding hydrogens is 483 g/mol. The molecule has 0 radical (unpaired) electrons. The van der Waals surface area contributed by atoms with Crippen molar-refractivity contribution in [3.05, 3.63) is 57.8 Å². The Morgan fingerprint density at radius 3 is 2.57 bits per heavy atom. The maximum Gasteiger partial charge on any atom is 0.251 e. The predicted molar refractivity (Wildman–Crippen MR) is 130 cm³/mol. The van der Waals surface area contributed by atoms with Gasteiger partial charge in [-0.15, -0.1) is 35.3 Å². The SMILES string of the molecule is CCNC(=O)c1cccc(CN=C(NCC)NCC(C)Cc2cccs2)c1.I. The second-order valence-corrected chi connectivity index (χ2v) is 7.56. The third-order valence-corrected chi connectivity index (χ3v) is 4.94. The van der Waals surface area contributed by atoms with Gasteiger partial charge in [0.2, 0.25) is 0 Å². The van der Waals surface area contributed by atoms with E-state index in [4.69, 9.17) is 0 Å². The van der Waals surface area contributed by atoms with Crippen LogP contribution in [0.15, 0.2) is 46.8 Å². The topological polar surface area (TPSA) is 65.5 Å². The Balaban J connectivity index is 0.00000392. The minimum Gasteiger partial charge on any atom is -0.357 e. The quantitative estimate of drug-likeness (QED) is 0.269. The summed E-state index contributed by atoms with van der Waals surface area (Å²) in [4.78, 5) is 18.0. The summed E-state index contributed by atoms with van der Waals surface area (Å²) in [6.45, 7) is 9.04. The van der Waals surface area contributed by atoms with Crippen LogP contribution in [-0.2, 0) is 13.0 Å². The van der Waals surface area contributed by atoms with Crippen molar-refractivity contribution in [2.45, 2.75) is 33.7 Å². The summed E-state index contributed by atoms with van der Waals surface area (Å²) in [6.07, 6.45) is 1.07. The second kappa shape index (κ2) is 13.5. The van der Waals surface area contributed by atoms with Gasteiger partial charge in [-0.2, -0.15) is 0 Å². The van der Waals surface area contributed by atoms with Gasteiger partial charge in [0.1, 0.15) is 0 Å². The van der Waals surface area contributed by atoms with Crippen LogP contribution in [0.25, 0.3) is 0 Å². The van der Waals surface area contributed by atoms with E-state index < -0.39 is 0 Å². The number of benzene rings is 1. The first-order chi connectivity index (χ1) is 13.1. The van der Waals surface area contributed by atoms with E-state index in [1.165, 1.54) is 4.88 Å². The highest BCUT2D eigenvalue weighted by molar-refractivity contribution is 14.0. The molecule has 0 aliphatic carbocycles. The maximum atomic E-state index is 12.0. The molecule has 3 N–H and O–H groups in total. The Bertz CT molecular complexity index is 734. The van der Waals surface area contributed by atoms with Crippen molar-refractivity contribution in [3.8, 4) is 0 Å². The molecule has 1 aromatic heterocycles. The molecule has 0 bridgehead atoms. The molecule has 0 aliphatic heterocycles. The normalized spacial score (nSPS) is 12.0. The van der Waals surface area contributed by atoms with Crippen LogP contribution in [-0.4, -0.2) is 31.5 Å². The molecule has 1 aromatic carbocycles. The van der Waals surface area contributed by atoms with E-state index in [1.807, 2.05) is 31.2 Å². The van der Waals surface area contributed by atoms with E-state index in [0.29, 0.717) is 24.6 Å². The van der Waals surface area contributed by atoms with Crippen molar-refractivity contribution >= 4 is 47.2 Å². The number of carbonyl (C=O) groups is 1.